The second-order valence-electron chi connectivity index (χ2n) is 6.68. The van der Waals surface area contributed by atoms with Crippen LogP contribution < -0.4 is 10.6 Å². The molecule has 0 aliphatic rings. The van der Waals surface area contributed by atoms with E-state index in [1.807, 2.05) is 24.3 Å². The standard InChI is InChI=1S/C21H26ClN3O2/c1-4-15(2)16-9-11-17(12-10-16)23-20(26)13-25(3)14-21(27)24-19-8-6-5-7-18(19)22/h5-12,15H,4,13-14H2,1-3H3,(H,23,26)(H,24,27)/t15-/m0/s1. The molecule has 6 heteroatoms. The Balaban J connectivity index is 1.81. The van der Waals surface area contributed by atoms with Crippen molar-refractivity contribution in [1.82, 2.24) is 4.90 Å². The van der Waals surface area contributed by atoms with Gasteiger partial charge in [-0.05, 0) is 49.2 Å². The number of rotatable bonds is 8. The molecule has 0 heterocycles. The predicted octanol–water partition coefficient (Wildman–Crippen LogP) is 4.36. The molecule has 0 radical (unpaired) electrons. The minimum absolute atomic E-state index is 0.0889. The van der Waals surface area contributed by atoms with Crippen LogP contribution in [0.1, 0.15) is 31.7 Å². The molecule has 2 N–H and O–H groups in total. The maximum atomic E-state index is 12.2. The molecule has 0 bridgehead atoms. The summed E-state index contributed by atoms with van der Waals surface area (Å²) in [6.07, 6.45) is 1.08. The highest BCUT2D eigenvalue weighted by Gasteiger charge is 2.12. The third-order valence-corrected chi connectivity index (χ3v) is 4.68. The van der Waals surface area contributed by atoms with Gasteiger partial charge in [-0.1, -0.05) is 49.7 Å². The lowest BCUT2D eigenvalue weighted by Crippen LogP contribution is -2.36. The van der Waals surface area contributed by atoms with E-state index >= 15 is 0 Å². The molecule has 0 aliphatic carbocycles. The van der Waals surface area contributed by atoms with Crippen molar-refractivity contribution in [1.29, 1.82) is 0 Å². The fourth-order valence-electron chi connectivity index (χ4n) is 2.63. The zero-order chi connectivity index (χ0) is 19.8. The first-order valence-electron chi connectivity index (χ1n) is 9.01. The highest BCUT2D eigenvalue weighted by atomic mass is 35.5. The van der Waals surface area contributed by atoms with E-state index in [1.165, 1.54) is 5.56 Å². The van der Waals surface area contributed by atoms with Gasteiger partial charge in [0.2, 0.25) is 11.8 Å². The molecule has 1 atom stereocenters. The Morgan fingerprint density at radius 3 is 2.19 bits per heavy atom. The molecule has 2 aromatic rings. The van der Waals surface area contributed by atoms with Gasteiger partial charge < -0.3 is 10.6 Å². The van der Waals surface area contributed by atoms with Crippen LogP contribution in [-0.4, -0.2) is 36.9 Å². The lowest BCUT2D eigenvalue weighted by atomic mass is 9.99. The molecule has 0 saturated heterocycles. The van der Waals surface area contributed by atoms with Crippen molar-refractivity contribution in [3.05, 3.63) is 59.1 Å². The first kappa shape index (κ1) is 20.9. The lowest BCUT2D eigenvalue weighted by molar-refractivity contribution is -0.119. The number of carbonyl (C=O) groups is 2. The molecule has 144 valence electrons. The Morgan fingerprint density at radius 2 is 1.59 bits per heavy atom. The number of amides is 2. The van der Waals surface area contributed by atoms with Gasteiger partial charge in [0.05, 0.1) is 23.8 Å². The Labute approximate surface area is 165 Å². The van der Waals surface area contributed by atoms with Crippen molar-refractivity contribution < 1.29 is 9.59 Å². The maximum absolute atomic E-state index is 12.2. The number of benzene rings is 2. The average molecular weight is 388 g/mol. The second kappa shape index (κ2) is 10.1. The van der Waals surface area contributed by atoms with Gasteiger partial charge in [-0.25, -0.2) is 0 Å². The van der Waals surface area contributed by atoms with E-state index in [0.29, 0.717) is 16.6 Å². The zero-order valence-corrected chi connectivity index (χ0v) is 16.7. The molecule has 0 aromatic heterocycles. The fourth-order valence-corrected chi connectivity index (χ4v) is 2.81. The molecule has 27 heavy (non-hydrogen) atoms. The van der Waals surface area contributed by atoms with Gasteiger partial charge in [0, 0.05) is 5.69 Å². The summed E-state index contributed by atoms with van der Waals surface area (Å²) in [4.78, 5) is 25.9. The van der Waals surface area contributed by atoms with E-state index in [9.17, 15) is 9.59 Å². The van der Waals surface area contributed by atoms with Crippen LogP contribution in [0.3, 0.4) is 0 Å². The topological polar surface area (TPSA) is 61.4 Å². The van der Waals surface area contributed by atoms with Gasteiger partial charge in [0.25, 0.3) is 0 Å². The van der Waals surface area contributed by atoms with Crippen molar-refractivity contribution in [2.75, 3.05) is 30.8 Å². The van der Waals surface area contributed by atoms with E-state index in [4.69, 9.17) is 11.6 Å². The molecule has 0 fully saturated rings. The quantitative estimate of drug-likeness (QED) is 0.707. The Hall–Kier alpha value is -2.37. The number of hydrogen-bond acceptors (Lipinski definition) is 3. The van der Waals surface area contributed by atoms with Gasteiger partial charge in [-0.15, -0.1) is 0 Å². The molecule has 2 amide bonds. The number of anilines is 2. The summed E-state index contributed by atoms with van der Waals surface area (Å²) in [7, 11) is 1.72. The number of nitrogens with one attached hydrogen (secondary N) is 2. The molecule has 2 rings (SSSR count). The highest BCUT2D eigenvalue weighted by molar-refractivity contribution is 6.33. The van der Waals surface area contributed by atoms with Gasteiger partial charge in [-0.3, -0.25) is 14.5 Å². The maximum Gasteiger partial charge on any atom is 0.238 e. The van der Waals surface area contributed by atoms with Crippen molar-refractivity contribution in [2.24, 2.45) is 0 Å². The van der Waals surface area contributed by atoms with Crippen molar-refractivity contribution in [3.63, 3.8) is 0 Å². The molecular formula is C21H26ClN3O2. The summed E-state index contributed by atoms with van der Waals surface area (Å²) in [6.45, 7) is 4.53. The molecule has 0 saturated carbocycles. The first-order valence-corrected chi connectivity index (χ1v) is 9.39. The largest absolute Gasteiger partial charge is 0.325 e. The van der Waals surface area contributed by atoms with Gasteiger partial charge in [0.1, 0.15) is 0 Å². The van der Waals surface area contributed by atoms with Crippen LogP contribution in [0.4, 0.5) is 11.4 Å². The first-order chi connectivity index (χ1) is 12.9. The lowest BCUT2D eigenvalue weighted by Gasteiger charge is -2.16. The van der Waals surface area contributed by atoms with Crippen LogP contribution in [0.2, 0.25) is 5.02 Å². The molecule has 0 unspecified atom stereocenters. The van der Waals surface area contributed by atoms with E-state index in [-0.39, 0.29) is 24.9 Å². The normalized spacial score (nSPS) is 11.9. The van der Waals surface area contributed by atoms with Crippen molar-refractivity contribution in [2.45, 2.75) is 26.2 Å². The van der Waals surface area contributed by atoms with Gasteiger partial charge in [-0.2, -0.15) is 0 Å². The average Bonchev–Trinajstić information content (AvgIpc) is 2.63. The van der Waals surface area contributed by atoms with E-state index in [2.05, 4.69) is 24.5 Å². The summed E-state index contributed by atoms with van der Waals surface area (Å²) in [5.74, 6) is 0.105. The highest BCUT2D eigenvalue weighted by Crippen LogP contribution is 2.21. The smallest absolute Gasteiger partial charge is 0.238 e. The minimum atomic E-state index is -0.226. The van der Waals surface area contributed by atoms with Crippen LogP contribution in [0.25, 0.3) is 0 Å². The van der Waals surface area contributed by atoms with Crippen LogP contribution in [-0.2, 0) is 9.59 Å². The fraction of sp³-hybridized carbons (Fsp3) is 0.333. The summed E-state index contributed by atoms with van der Waals surface area (Å²) in [5, 5.41) is 6.08. The van der Waals surface area contributed by atoms with Crippen molar-refractivity contribution in [3.8, 4) is 0 Å². The van der Waals surface area contributed by atoms with Crippen LogP contribution >= 0.6 is 11.6 Å². The van der Waals surface area contributed by atoms with Crippen LogP contribution in [0, 0.1) is 0 Å². The summed E-state index contributed by atoms with van der Waals surface area (Å²) >= 11 is 6.03. The monoisotopic (exact) mass is 387 g/mol. The van der Waals surface area contributed by atoms with Crippen LogP contribution in [0.5, 0.6) is 0 Å². The Bertz CT molecular complexity index is 777. The zero-order valence-electron chi connectivity index (χ0n) is 16.0. The molecule has 2 aromatic carbocycles. The number of likely N-dealkylation sites (N-methyl/N-ethyl adjacent to an activating group) is 1. The summed E-state index contributed by atoms with van der Waals surface area (Å²) < 4.78 is 0. The van der Waals surface area contributed by atoms with Gasteiger partial charge in [0.15, 0.2) is 0 Å². The summed E-state index contributed by atoms with van der Waals surface area (Å²) in [5.41, 5.74) is 2.56. The van der Waals surface area contributed by atoms with E-state index in [1.54, 1.807) is 36.2 Å². The third-order valence-electron chi connectivity index (χ3n) is 4.35. The molecule has 0 spiro atoms. The molecule has 0 aliphatic heterocycles. The Kier molecular flexibility index (Phi) is 7.82. The minimum Gasteiger partial charge on any atom is -0.325 e. The van der Waals surface area contributed by atoms with Gasteiger partial charge >= 0.3 is 0 Å². The number of para-hydroxylation sites is 1. The SMILES string of the molecule is CC[C@H](C)c1ccc(NC(=O)CN(C)CC(=O)Nc2ccccc2Cl)cc1. The molecular weight excluding hydrogens is 362 g/mol. The third kappa shape index (κ3) is 6.70. The number of nitrogens with zero attached hydrogens (tertiary/aromatic N) is 1. The van der Waals surface area contributed by atoms with E-state index in [0.717, 1.165) is 12.1 Å². The van der Waals surface area contributed by atoms with E-state index < -0.39 is 0 Å². The van der Waals surface area contributed by atoms with Crippen LogP contribution in [0.15, 0.2) is 48.5 Å². The Morgan fingerprint density at radius 1 is 1.00 bits per heavy atom. The molecule has 5 nitrogen and oxygen atoms in total. The number of hydrogen-bond donors (Lipinski definition) is 2. The number of carbonyl (C=O) groups excluding carboxylic acids is 2. The number of halogens is 1. The second-order valence-corrected chi connectivity index (χ2v) is 7.09. The summed E-state index contributed by atoms with van der Waals surface area (Å²) in [6, 6.07) is 14.9. The van der Waals surface area contributed by atoms with Crippen molar-refractivity contribution >= 4 is 34.8 Å². The predicted molar refractivity (Wildman–Crippen MR) is 111 cm³/mol.